The Morgan fingerprint density at radius 1 is 0.902 bits per heavy atom. The van der Waals surface area contributed by atoms with Gasteiger partial charge < -0.3 is 10.2 Å². The summed E-state index contributed by atoms with van der Waals surface area (Å²) in [5, 5.41) is 2.90. The van der Waals surface area contributed by atoms with E-state index in [0.29, 0.717) is 17.8 Å². The van der Waals surface area contributed by atoms with Crippen LogP contribution in [0.15, 0.2) is 78.9 Å². The number of benzene rings is 3. The second-order valence-corrected chi connectivity index (χ2v) is 12.0. The van der Waals surface area contributed by atoms with Crippen LogP contribution in [0.25, 0.3) is 0 Å². The Bertz CT molecular complexity index is 1380. The Labute approximate surface area is 243 Å². The summed E-state index contributed by atoms with van der Waals surface area (Å²) in [5.74, 6) is -1.12. The summed E-state index contributed by atoms with van der Waals surface area (Å²) in [6.07, 6.45) is 3.17. The van der Waals surface area contributed by atoms with Gasteiger partial charge in [0.2, 0.25) is 21.8 Å². The fourth-order valence-corrected chi connectivity index (χ4v) is 5.60. The van der Waals surface area contributed by atoms with E-state index < -0.39 is 21.9 Å². The molecular formula is C32H40FN3O4S. The third-order valence-corrected chi connectivity index (χ3v) is 8.10. The summed E-state index contributed by atoms with van der Waals surface area (Å²) >= 11 is 0. The molecule has 0 saturated carbocycles. The van der Waals surface area contributed by atoms with E-state index in [1.807, 2.05) is 56.3 Å². The van der Waals surface area contributed by atoms with Crippen molar-refractivity contribution in [2.75, 3.05) is 23.7 Å². The van der Waals surface area contributed by atoms with Crippen LogP contribution in [0.5, 0.6) is 0 Å². The highest BCUT2D eigenvalue weighted by Crippen LogP contribution is 2.21. The molecule has 9 heteroatoms. The van der Waals surface area contributed by atoms with Gasteiger partial charge in [-0.25, -0.2) is 12.8 Å². The molecule has 7 nitrogen and oxygen atoms in total. The van der Waals surface area contributed by atoms with Gasteiger partial charge in [0.15, 0.2) is 0 Å². The molecule has 1 atom stereocenters. The third-order valence-electron chi connectivity index (χ3n) is 6.90. The topological polar surface area (TPSA) is 86.8 Å². The van der Waals surface area contributed by atoms with Gasteiger partial charge in [-0.2, -0.15) is 0 Å². The van der Waals surface area contributed by atoms with Crippen LogP contribution in [0.4, 0.5) is 10.1 Å². The predicted molar refractivity (Wildman–Crippen MR) is 161 cm³/mol. The Morgan fingerprint density at radius 3 is 2.17 bits per heavy atom. The number of nitrogens with zero attached hydrogens (tertiary/aromatic N) is 2. The lowest BCUT2D eigenvalue weighted by molar-refractivity contribution is -0.141. The molecule has 0 radical (unpaired) electrons. The van der Waals surface area contributed by atoms with Crippen LogP contribution >= 0.6 is 0 Å². The van der Waals surface area contributed by atoms with Crippen LogP contribution in [0.1, 0.15) is 49.8 Å². The SMILES string of the molecule is CCCNC(=O)C(Cc1ccccc1)N(Cc1ccccc1F)C(=O)CCCN(c1ccc(CC)cc1)S(C)(=O)=O. The molecule has 0 fully saturated rings. The Hall–Kier alpha value is -3.72. The van der Waals surface area contributed by atoms with Crippen molar-refractivity contribution in [3.8, 4) is 0 Å². The van der Waals surface area contributed by atoms with Crippen LogP contribution in [-0.4, -0.2) is 50.5 Å². The standard InChI is InChI=1S/C32H40FN3O4S/c1-4-21-34-32(38)30(23-26-12-7-6-8-13-26)35(24-27-14-9-10-15-29(27)33)31(37)16-11-22-36(41(3,39)40)28-19-17-25(5-2)18-20-28/h6-10,12-15,17-20,30H,4-5,11,16,21-24H2,1-3H3,(H,34,38). The quantitative estimate of drug-likeness (QED) is 0.271. The molecule has 0 aliphatic rings. The number of hydrogen-bond donors (Lipinski definition) is 1. The molecule has 41 heavy (non-hydrogen) atoms. The molecule has 0 saturated heterocycles. The van der Waals surface area contributed by atoms with Crippen molar-refractivity contribution in [2.45, 2.75) is 58.5 Å². The monoisotopic (exact) mass is 581 g/mol. The zero-order chi connectivity index (χ0) is 29.8. The fourth-order valence-electron chi connectivity index (χ4n) is 4.63. The minimum absolute atomic E-state index is 0.0140. The number of aryl methyl sites for hydroxylation is 1. The molecule has 1 unspecified atom stereocenters. The first-order chi connectivity index (χ1) is 19.6. The minimum Gasteiger partial charge on any atom is -0.354 e. The molecule has 0 aliphatic carbocycles. The number of halogens is 1. The van der Waals surface area contributed by atoms with E-state index in [1.54, 1.807) is 30.3 Å². The number of rotatable bonds is 15. The summed E-state index contributed by atoms with van der Waals surface area (Å²) in [6, 6.07) is 22.0. The number of nitrogens with one attached hydrogen (secondary N) is 1. The van der Waals surface area contributed by atoms with Gasteiger partial charge in [-0.05, 0) is 48.6 Å². The number of carbonyl (C=O) groups excluding carboxylic acids is 2. The first-order valence-corrected chi connectivity index (χ1v) is 15.9. The largest absolute Gasteiger partial charge is 0.354 e. The van der Waals surface area contributed by atoms with Crippen LogP contribution in [0.3, 0.4) is 0 Å². The smallest absolute Gasteiger partial charge is 0.243 e. The predicted octanol–water partition coefficient (Wildman–Crippen LogP) is 5.10. The lowest BCUT2D eigenvalue weighted by atomic mass is 10.0. The lowest BCUT2D eigenvalue weighted by Gasteiger charge is -2.32. The van der Waals surface area contributed by atoms with E-state index in [2.05, 4.69) is 5.32 Å². The van der Waals surface area contributed by atoms with Crippen LogP contribution in [0.2, 0.25) is 0 Å². The van der Waals surface area contributed by atoms with E-state index >= 15 is 0 Å². The summed E-state index contributed by atoms with van der Waals surface area (Å²) in [7, 11) is -3.60. The average Bonchev–Trinajstić information content (AvgIpc) is 2.96. The highest BCUT2D eigenvalue weighted by atomic mass is 32.2. The Balaban J connectivity index is 1.87. The second kappa shape index (κ2) is 15.3. The van der Waals surface area contributed by atoms with Crippen LogP contribution in [-0.2, 0) is 39.0 Å². The highest BCUT2D eigenvalue weighted by molar-refractivity contribution is 7.92. The average molecular weight is 582 g/mol. The van der Waals surface area contributed by atoms with E-state index in [9.17, 15) is 22.4 Å². The fraction of sp³-hybridized carbons (Fsp3) is 0.375. The first-order valence-electron chi connectivity index (χ1n) is 14.0. The molecule has 0 heterocycles. The Kier molecular flexibility index (Phi) is 11.9. The van der Waals surface area contributed by atoms with Gasteiger partial charge in [0, 0.05) is 38.0 Å². The van der Waals surface area contributed by atoms with E-state index in [0.717, 1.165) is 30.2 Å². The van der Waals surface area contributed by atoms with Crippen molar-refractivity contribution in [2.24, 2.45) is 0 Å². The van der Waals surface area contributed by atoms with Crippen molar-refractivity contribution in [3.05, 3.63) is 101 Å². The number of anilines is 1. The maximum Gasteiger partial charge on any atom is 0.243 e. The van der Waals surface area contributed by atoms with E-state index in [4.69, 9.17) is 0 Å². The molecule has 0 aromatic heterocycles. The maximum absolute atomic E-state index is 14.7. The summed E-state index contributed by atoms with van der Waals surface area (Å²) in [4.78, 5) is 28.6. The Morgan fingerprint density at radius 2 is 1.56 bits per heavy atom. The number of hydrogen-bond acceptors (Lipinski definition) is 4. The molecular weight excluding hydrogens is 541 g/mol. The third kappa shape index (κ3) is 9.42. The van der Waals surface area contributed by atoms with Crippen molar-refractivity contribution in [1.29, 1.82) is 0 Å². The van der Waals surface area contributed by atoms with Gasteiger partial charge in [0.1, 0.15) is 11.9 Å². The van der Waals surface area contributed by atoms with Gasteiger partial charge in [0.05, 0.1) is 11.9 Å². The minimum atomic E-state index is -3.60. The normalized spacial score (nSPS) is 12.0. The van der Waals surface area contributed by atoms with Crippen molar-refractivity contribution in [3.63, 3.8) is 0 Å². The molecule has 1 N–H and O–H groups in total. The summed E-state index contributed by atoms with van der Waals surface area (Å²) in [5.41, 5.74) is 2.79. The zero-order valence-electron chi connectivity index (χ0n) is 24.1. The number of sulfonamides is 1. The van der Waals surface area contributed by atoms with Gasteiger partial charge in [-0.1, -0.05) is 74.5 Å². The second-order valence-electron chi connectivity index (χ2n) is 10.1. The van der Waals surface area contributed by atoms with Crippen molar-refractivity contribution in [1.82, 2.24) is 10.2 Å². The number of amides is 2. The molecule has 3 rings (SSSR count). The molecule has 0 spiro atoms. The summed E-state index contributed by atoms with van der Waals surface area (Å²) in [6.45, 7) is 4.42. The number of carbonyl (C=O) groups is 2. The van der Waals surface area contributed by atoms with Gasteiger partial charge >= 0.3 is 0 Å². The van der Waals surface area contributed by atoms with Crippen LogP contribution in [0, 0.1) is 5.82 Å². The maximum atomic E-state index is 14.7. The molecule has 0 aliphatic heterocycles. The molecule has 0 bridgehead atoms. The van der Waals surface area contributed by atoms with Crippen LogP contribution < -0.4 is 9.62 Å². The van der Waals surface area contributed by atoms with E-state index in [-0.39, 0.29) is 44.2 Å². The molecule has 3 aromatic carbocycles. The highest BCUT2D eigenvalue weighted by Gasteiger charge is 2.31. The van der Waals surface area contributed by atoms with E-state index in [1.165, 1.54) is 15.3 Å². The molecule has 220 valence electrons. The summed E-state index contributed by atoms with van der Waals surface area (Å²) < 4.78 is 41.2. The van der Waals surface area contributed by atoms with Crippen molar-refractivity contribution >= 4 is 27.5 Å². The van der Waals surface area contributed by atoms with Crippen molar-refractivity contribution < 1.29 is 22.4 Å². The molecule has 3 aromatic rings. The lowest BCUT2D eigenvalue weighted by Crippen LogP contribution is -2.50. The van der Waals surface area contributed by atoms with Gasteiger partial charge in [-0.3, -0.25) is 13.9 Å². The zero-order valence-corrected chi connectivity index (χ0v) is 24.9. The van der Waals surface area contributed by atoms with Gasteiger partial charge in [0.25, 0.3) is 0 Å². The van der Waals surface area contributed by atoms with Gasteiger partial charge in [-0.15, -0.1) is 0 Å². The first kappa shape index (κ1) is 31.8. The molecule has 2 amide bonds.